The van der Waals surface area contributed by atoms with Crippen molar-refractivity contribution in [3.8, 4) is 11.4 Å². The van der Waals surface area contributed by atoms with Gasteiger partial charge >= 0.3 is 0 Å². The summed E-state index contributed by atoms with van der Waals surface area (Å²) in [4.78, 5) is 8.94. The second-order valence-corrected chi connectivity index (χ2v) is 5.03. The SMILES string of the molecule is CCNCc1ccnc(-c2ccc(Br)cc2C)n1. The molecule has 0 amide bonds. The lowest BCUT2D eigenvalue weighted by Gasteiger charge is -2.07. The van der Waals surface area contributed by atoms with Crippen LogP contribution in [0.3, 0.4) is 0 Å². The summed E-state index contributed by atoms with van der Waals surface area (Å²) < 4.78 is 1.08. The normalized spacial score (nSPS) is 10.6. The Kier molecular flexibility index (Phi) is 4.44. The molecule has 0 saturated heterocycles. The highest BCUT2D eigenvalue weighted by Gasteiger charge is 2.06. The molecule has 1 aromatic carbocycles. The van der Waals surface area contributed by atoms with Crippen LogP contribution in [-0.2, 0) is 6.54 Å². The van der Waals surface area contributed by atoms with Crippen LogP contribution in [0.1, 0.15) is 18.2 Å². The van der Waals surface area contributed by atoms with Crippen LogP contribution in [0.2, 0.25) is 0 Å². The molecule has 2 rings (SSSR count). The molecular weight excluding hydrogens is 290 g/mol. The summed E-state index contributed by atoms with van der Waals surface area (Å²) in [6, 6.07) is 8.09. The van der Waals surface area contributed by atoms with Crippen molar-refractivity contribution in [1.29, 1.82) is 0 Å². The van der Waals surface area contributed by atoms with Crippen molar-refractivity contribution in [3.05, 3.63) is 46.2 Å². The predicted molar refractivity (Wildman–Crippen MR) is 77.3 cm³/mol. The van der Waals surface area contributed by atoms with Gasteiger partial charge in [0.2, 0.25) is 0 Å². The molecule has 0 bridgehead atoms. The fourth-order valence-electron chi connectivity index (χ4n) is 1.76. The fourth-order valence-corrected chi connectivity index (χ4v) is 2.23. The zero-order valence-electron chi connectivity index (χ0n) is 10.6. The second kappa shape index (κ2) is 6.07. The zero-order chi connectivity index (χ0) is 13.0. The van der Waals surface area contributed by atoms with Crippen molar-refractivity contribution in [2.45, 2.75) is 20.4 Å². The van der Waals surface area contributed by atoms with E-state index in [-0.39, 0.29) is 0 Å². The molecule has 1 heterocycles. The van der Waals surface area contributed by atoms with E-state index in [9.17, 15) is 0 Å². The van der Waals surface area contributed by atoms with Crippen molar-refractivity contribution >= 4 is 15.9 Å². The number of nitrogens with zero attached hydrogens (tertiary/aromatic N) is 2. The minimum Gasteiger partial charge on any atom is -0.311 e. The Morgan fingerprint density at radius 2 is 2.11 bits per heavy atom. The minimum atomic E-state index is 0.779. The monoisotopic (exact) mass is 305 g/mol. The van der Waals surface area contributed by atoms with E-state index in [4.69, 9.17) is 0 Å². The van der Waals surface area contributed by atoms with E-state index in [0.29, 0.717) is 0 Å². The van der Waals surface area contributed by atoms with Gasteiger partial charge in [0.15, 0.2) is 5.82 Å². The number of hydrogen-bond acceptors (Lipinski definition) is 3. The number of rotatable bonds is 4. The van der Waals surface area contributed by atoms with Crippen LogP contribution >= 0.6 is 15.9 Å². The number of aryl methyl sites for hydroxylation is 1. The van der Waals surface area contributed by atoms with Crippen molar-refractivity contribution in [1.82, 2.24) is 15.3 Å². The van der Waals surface area contributed by atoms with Gasteiger partial charge in [0.25, 0.3) is 0 Å². The molecule has 3 nitrogen and oxygen atoms in total. The van der Waals surface area contributed by atoms with E-state index in [2.05, 4.69) is 51.1 Å². The summed E-state index contributed by atoms with van der Waals surface area (Å²) in [5.74, 6) is 0.787. The van der Waals surface area contributed by atoms with Gasteiger partial charge in [0, 0.05) is 22.8 Å². The standard InChI is InChI=1S/C14H16BrN3/c1-3-16-9-12-6-7-17-14(18-12)13-5-4-11(15)8-10(13)2/h4-8,16H,3,9H2,1-2H3. The number of nitrogens with one attached hydrogen (secondary N) is 1. The molecule has 0 spiro atoms. The Morgan fingerprint density at radius 3 is 2.83 bits per heavy atom. The molecule has 2 aromatic rings. The first-order valence-electron chi connectivity index (χ1n) is 6.00. The van der Waals surface area contributed by atoms with E-state index in [1.807, 2.05) is 24.4 Å². The minimum absolute atomic E-state index is 0.779. The van der Waals surface area contributed by atoms with Crippen LogP contribution in [0.25, 0.3) is 11.4 Å². The average molecular weight is 306 g/mol. The maximum absolute atomic E-state index is 4.58. The lowest BCUT2D eigenvalue weighted by atomic mass is 10.1. The van der Waals surface area contributed by atoms with E-state index in [0.717, 1.165) is 34.6 Å². The lowest BCUT2D eigenvalue weighted by Crippen LogP contribution is -2.13. The number of aromatic nitrogens is 2. The molecular formula is C14H16BrN3. The first-order chi connectivity index (χ1) is 8.70. The van der Waals surface area contributed by atoms with Gasteiger partial charge in [-0.15, -0.1) is 0 Å². The Hall–Kier alpha value is -1.26. The van der Waals surface area contributed by atoms with Gasteiger partial charge in [-0.05, 0) is 43.3 Å². The summed E-state index contributed by atoms with van der Waals surface area (Å²) in [6.07, 6.45) is 1.82. The largest absolute Gasteiger partial charge is 0.311 e. The van der Waals surface area contributed by atoms with Gasteiger partial charge in [-0.2, -0.15) is 0 Å². The van der Waals surface area contributed by atoms with Crippen molar-refractivity contribution in [2.24, 2.45) is 0 Å². The molecule has 0 saturated carbocycles. The lowest BCUT2D eigenvalue weighted by molar-refractivity contribution is 0.709. The van der Waals surface area contributed by atoms with Crippen LogP contribution in [0.4, 0.5) is 0 Å². The molecule has 0 aliphatic carbocycles. The molecule has 1 aromatic heterocycles. The summed E-state index contributed by atoms with van der Waals surface area (Å²) in [7, 11) is 0. The molecule has 1 N–H and O–H groups in total. The quantitative estimate of drug-likeness (QED) is 0.941. The topological polar surface area (TPSA) is 37.8 Å². The molecule has 0 aliphatic heterocycles. The third-order valence-electron chi connectivity index (χ3n) is 2.70. The molecule has 94 valence electrons. The zero-order valence-corrected chi connectivity index (χ0v) is 12.2. The Morgan fingerprint density at radius 1 is 1.28 bits per heavy atom. The van der Waals surface area contributed by atoms with E-state index < -0.39 is 0 Å². The molecule has 4 heteroatoms. The third-order valence-corrected chi connectivity index (χ3v) is 3.19. The molecule has 0 radical (unpaired) electrons. The van der Waals surface area contributed by atoms with Crippen LogP contribution in [0, 0.1) is 6.92 Å². The number of hydrogen-bond donors (Lipinski definition) is 1. The maximum atomic E-state index is 4.58. The Balaban J connectivity index is 2.32. The summed E-state index contributed by atoms with van der Waals surface area (Å²) >= 11 is 3.47. The molecule has 18 heavy (non-hydrogen) atoms. The highest BCUT2D eigenvalue weighted by atomic mass is 79.9. The van der Waals surface area contributed by atoms with Crippen LogP contribution in [-0.4, -0.2) is 16.5 Å². The van der Waals surface area contributed by atoms with Gasteiger partial charge in [-0.3, -0.25) is 0 Å². The van der Waals surface area contributed by atoms with Crippen LogP contribution < -0.4 is 5.32 Å². The smallest absolute Gasteiger partial charge is 0.159 e. The van der Waals surface area contributed by atoms with Crippen molar-refractivity contribution in [3.63, 3.8) is 0 Å². The van der Waals surface area contributed by atoms with Crippen LogP contribution in [0.5, 0.6) is 0 Å². The maximum Gasteiger partial charge on any atom is 0.159 e. The van der Waals surface area contributed by atoms with Gasteiger partial charge in [0.05, 0.1) is 5.69 Å². The van der Waals surface area contributed by atoms with E-state index in [1.54, 1.807) is 0 Å². The number of halogens is 1. The third kappa shape index (κ3) is 3.15. The number of benzene rings is 1. The first kappa shape index (κ1) is 13.2. The van der Waals surface area contributed by atoms with Gasteiger partial charge < -0.3 is 5.32 Å². The summed E-state index contributed by atoms with van der Waals surface area (Å²) in [5, 5.41) is 3.27. The average Bonchev–Trinajstić information content (AvgIpc) is 2.36. The summed E-state index contributed by atoms with van der Waals surface area (Å²) in [6.45, 7) is 5.87. The van der Waals surface area contributed by atoms with Crippen molar-refractivity contribution < 1.29 is 0 Å². The Labute approximate surface area is 116 Å². The van der Waals surface area contributed by atoms with Gasteiger partial charge in [0.1, 0.15) is 0 Å². The highest BCUT2D eigenvalue weighted by Crippen LogP contribution is 2.23. The first-order valence-corrected chi connectivity index (χ1v) is 6.79. The fraction of sp³-hybridized carbons (Fsp3) is 0.286. The van der Waals surface area contributed by atoms with E-state index in [1.165, 1.54) is 5.56 Å². The molecule has 0 fully saturated rings. The molecule has 0 atom stereocenters. The van der Waals surface area contributed by atoms with Gasteiger partial charge in [-0.1, -0.05) is 22.9 Å². The second-order valence-electron chi connectivity index (χ2n) is 4.11. The summed E-state index contributed by atoms with van der Waals surface area (Å²) in [5.41, 5.74) is 3.27. The Bertz CT molecular complexity index is 540. The molecule has 0 unspecified atom stereocenters. The van der Waals surface area contributed by atoms with Crippen molar-refractivity contribution in [2.75, 3.05) is 6.54 Å². The molecule has 0 aliphatic rings. The highest BCUT2D eigenvalue weighted by molar-refractivity contribution is 9.10. The van der Waals surface area contributed by atoms with E-state index >= 15 is 0 Å². The van der Waals surface area contributed by atoms with Gasteiger partial charge in [-0.25, -0.2) is 9.97 Å². The predicted octanol–water partition coefficient (Wildman–Crippen LogP) is 3.32. The van der Waals surface area contributed by atoms with Crippen LogP contribution in [0.15, 0.2) is 34.9 Å².